The van der Waals surface area contributed by atoms with E-state index in [1.807, 2.05) is 30.3 Å². The second-order valence-corrected chi connectivity index (χ2v) is 9.16. The van der Waals surface area contributed by atoms with Gasteiger partial charge in [0.1, 0.15) is 5.82 Å². The van der Waals surface area contributed by atoms with Gasteiger partial charge in [-0.05, 0) is 31.0 Å². The predicted octanol–water partition coefficient (Wildman–Crippen LogP) is 3.42. The fourth-order valence-corrected chi connectivity index (χ4v) is 5.16. The van der Waals surface area contributed by atoms with Crippen LogP contribution in [0.15, 0.2) is 30.3 Å². The molecule has 0 amide bonds. The zero-order valence-corrected chi connectivity index (χ0v) is 20.7. The average molecular weight is 494 g/mol. The van der Waals surface area contributed by atoms with E-state index in [0.29, 0.717) is 35.1 Å². The molecule has 36 heavy (non-hydrogen) atoms. The van der Waals surface area contributed by atoms with E-state index >= 15 is 0 Å². The van der Waals surface area contributed by atoms with Gasteiger partial charge < -0.3 is 33.9 Å². The van der Waals surface area contributed by atoms with Crippen LogP contribution in [0.4, 0.5) is 17.5 Å². The van der Waals surface area contributed by atoms with Crippen molar-refractivity contribution in [3.8, 4) is 23.0 Å². The first kappa shape index (κ1) is 22.9. The number of hydrogen-bond acceptors (Lipinski definition) is 10. The molecule has 1 N–H and O–H groups in total. The summed E-state index contributed by atoms with van der Waals surface area (Å²) in [5, 5.41) is 4.32. The largest absolute Gasteiger partial charge is 0.493 e. The Labute approximate surface area is 210 Å². The molecule has 0 spiro atoms. The van der Waals surface area contributed by atoms with E-state index in [9.17, 15) is 0 Å². The quantitative estimate of drug-likeness (QED) is 0.551. The number of nitrogens with zero attached hydrogens (tertiary/aromatic N) is 4. The van der Waals surface area contributed by atoms with Crippen LogP contribution in [0.2, 0.25) is 0 Å². The van der Waals surface area contributed by atoms with Crippen LogP contribution >= 0.6 is 0 Å². The number of piperidine rings is 1. The van der Waals surface area contributed by atoms with E-state index < -0.39 is 0 Å². The van der Waals surface area contributed by atoms with Crippen LogP contribution < -0.4 is 29.2 Å². The number of nitrogens with one attached hydrogen (secondary N) is 1. The Morgan fingerprint density at radius 1 is 0.889 bits per heavy atom. The highest BCUT2D eigenvalue weighted by atomic mass is 16.7. The molecule has 2 saturated heterocycles. The van der Waals surface area contributed by atoms with Gasteiger partial charge in [-0.1, -0.05) is 0 Å². The lowest BCUT2D eigenvalue weighted by Crippen LogP contribution is -2.49. The van der Waals surface area contributed by atoms with Gasteiger partial charge in [0.2, 0.25) is 12.7 Å². The number of benzene rings is 2. The van der Waals surface area contributed by atoms with Crippen molar-refractivity contribution in [3.63, 3.8) is 0 Å². The van der Waals surface area contributed by atoms with E-state index in [1.54, 1.807) is 14.2 Å². The minimum absolute atomic E-state index is 0.233. The van der Waals surface area contributed by atoms with Crippen LogP contribution in [0.25, 0.3) is 10.9 Å². The molecule has 0 unspecified atom stereocenters. The maximum atomic E-state index is 5.56. The zero-order chi connectivity index (χ0) is 24.5. The predicted molar refractivity (Wildman–Crippen MR) is 136 cm³/mol. The van der Waals surface area contributed by atoms with Crippen LogP contribution in [0.3, 0.4) is 0 Å². The zero-order valence-electron chi connectivity index (χ0n) is 20.7. The van der Waals surface area contributed by atoms with E-state index in [4.69, 9.17) is 33.7 Å². The van der Waals surface area contributed by atoms with E-state index in [2.05, 4.69) is 15.1 Å². The molecule has 3 aliphatic heterocycles. The van der Waals surface area contributed by atoms with Crippen molar-refractivity contribution < 1.29 is 23.7 Å². The molecule has 3 aliphatic rings. The Hall–Kier alpha value is -3.50. The van der Waals surface area contributed by atoms with E-state index in [1.165, 1.54) is 0 Å². The average Bonchev–Trinajstić information content (AvgIpc) is 3.41. The molecule has 10 nitrogen and oxygen atoms in total. The third-order valence-corrected chi connectivity index (χ3v) is 7.13. The van der Waals surface area contributed by atoms with Gasteiger partial charge >= 0.3 is 0 Å². The molecule has 2 fully saturated rings. The summed E-state index contributed by atoms with van der Waals surface area (Å²) in [4.78, 5) is 14.8. The van der Waals surface area contributed by atoms with Gasteiger partial charge in [0, 0.05) is 55.4 Å². The molecule has 190 valence electrons. The molecular weight excluding hydrogens is 462 g/mol. The lowest BCUT2D eigenvalue weighted by Gasteiger charge is -2.40. The number of methoxy groups -OCH3 is 2. The molecule has 0 aliphatic carbocycles. The summed E-state index contributed by atoms with van der Waals surface area (Å²) in [7, 11) is 3.26. The smallest absolute Gasteiger partial charge is 0.231 e. The highest BCUT2D eigenvalue weighted by molar-refractivity contribution is 5.94. The Bertz CT molecular complexity index is 1240. The number of ether oxygens (including phenoxy) is 5. The fourth-order valence-electron chi connectivity index (χ4n) is 5.16. The maximum absolute atomic E-state index is 5.56. The van der Waals surface area contributed by atoms with Gasteiger partial charge in [-0.2, -0.15) is 4.98 Å². The molecule has 3 aromatic rings. The van der Waals surface area contributed by atoms with Crippen molar-refractivity contribution >= 4 is 28.4 Å². The molecule has 0 radical (unpaired) electrons. The van der Waals surface area contributed by atoms with Crippen LogP contribution in [-0.4, -0.2) is 81.3 Å². The van der Waals surface area contributed by atoms with Crippen molar-refractivity contribution in [3.05, 3.63) is 30.3 Å². The summed E-state index contributed by atoms with van der Waals surface area (Å²) in [6, 6.07) is 10.2. The number of fused-ring (bicyclic) bond motifs is 2. The lowest BCUT2D eigenvalue weighted by molar-refractivity contribution is 0.0114. The summed E-state index contributed by atoms with van der Waals surface area (Å²) in [5.41, 5.74) is 1.64. The first-order valence-corrected chi connectivity index (χ1v) is 12.4. The van der Waals surface area contributed by atoms with Crippen molar-refractivity contribution in [1.82, 2.24) is 14.9 Å². The van der Waals surface area contributed by atoms with Crippen LogP contribution in [-0.2, 0) is 4.74 Å². The highest BCUT2D eigenvalue weighted by Gasteiger charge is 2.27. The molecule has 0 saturated carbocycles. The summed E-state index contributed by atoms with van der Waals surface area (Å²) in [6.07, 6.45) is 2.16. The monoisotopic (exact) mass is 493 g/mol. The Morgan fingerprint density at radius 2 is 1.64 bits per heavy atom. The minimum atomic E-state index is 0.233. The van der Waals surface area contributed by atoms with Gasteiger partial charge in [-0.3, -0.25) is 4.90 Å². The molecule has 4 heterocycles. The van der Waals surface area contributed by atoms with Crippen molar-refractivity contribution in [2.24, 2.45) is 0 Å². The summed E-state index contributed by atoms with van der Waals surface area (Å²) < 4.78 is 27.7. The third kappa shape index (κ3) is 4.42. The van der Waals surface area contributed by atoms with E-state index in [-0.39, 0.29) is 6.79 Å². The summed E-state index contributed by atoms with van der Waals surface area (Å²) >= 11 is 0. The normalized spacial score (nSPS) is 18.4. The number of morpholine rings is 1. The second-order valence-electron chi connectivity index (χ2n) is 9.16. The highest BCUT2D eigenvalue weighted by Crippen LogP contribution is 2.38. The van der Waals surface area contributed by atoms with Crippen molar-refractivity contribution in [2.45, 2.75) is 18.9 Å². The first-order valence-electron chi connectivity index (χ1n) is 12.4. The molecule has 0 atom stereocenters. The molecule has 10 heteroatoms. The minimum Gasteiger partial charge on any atom is -0.493 e. The first-order chi connectivity index (χ1) is 17.7. The van der Waals surface area contributed by atoms with Crippen LogP contribution in [0, 0.1) is 0 Å². The van der Waals surface area contributed by atoms with Gasteiger partial charge in [0.25, 0.3) is 0 Å². The Kier molecular flexibility index (Phi) is 6.28. The number of anilines is 3. The SMILES string of the molecule is COc1cc2nc(N3CCC(N4CCOCC4)CC3)nc(Nc3ccc4c(c3)OCO4)c2cc1OC. The topological polar surface area (TPSA) is 90.4 Å². The lowest BCUT2D eigenvalue weighted by atomic mass is 10.0. The van der Waals surface area contributed by atoms with Crippen LogP contribution in [0.5, 0.6) is 23.0 Å². The summed E-state index contributed by atoms with van der Waals surface area (Å²) in [6.45, 7) is 5.73. The van der Waals surface area contributed by atoms with Gasteiger partial charge in [-0.15, -0.1) is 0 Å². The molecular formula is C26H31N5O5. The molecule has 6 rings (SSSR count). The van der Waals surface area contributed by atoms with Crippen molar-refractivity contribution in [1.29, 1.82) is 0 Å². The molecule has 0 bridgehead atoms. The number of rotatable bonds is 6. The Morgan fingerprint density at radius 3 is 2.42 bits per heavy atom. The molecule has 1 aromatic heterocycles. The second kappa shape index (κ2) is 9.87. The van der Waals surface area contributed by atoms with Gasteiger partial charge in [-0.25, -0.2) is 4.98 Å². The summed E-state index contributed by atoms with van der Waals surface area (Å²) in [5.74, 6) is 4.12. The van der Waals surface area contributed by atoms with Gasteiger partial charge in [0.15, 0.2) is 23.0 Å². The van der Waals surface area contributed by atoms with Gasteiger partial charge in [0.05, 0.1) is 33.0 Å². The molecule has 2 aromatic carbocycles. The third-order valence-electron chi connectivity index (χ3n) is 7.13. The fraction of sp³-hybridized carbons (Fsp3) is 0.462. The van der Waals surface area contributed by atoms with Crippen molar-refractivity contribution in [2.75, 3.05) is 70.6 Å². The number of aromatic nitrogens is 2. The van der Waals surface area contributed by atoms with Crippen LogP contribution in [0.1, 0.15) is 12.8 Å². The standard InChI is InChI=1S/C26H31N5O5/c1-32-22-14-19-20(15-23(22)33-2)28-26(31-7-5-18(6-8-31)30-9-11-34-12-10-30)29-25(19)27-17-3-4-21-24(13-17)36-16-35-21/h3-4,13-15,18H,5-12,16H2,1-2H3,(H,27,28,29). The number of hydrogen-bond donors (Lipinski definition) is 1. The Balaban J connectivity index is 1.32. The maximum Gasteiger partial charge on any atom is 0.231 e. The van der Waals surface area contributed by atoms with E-state index in [0.717, 1.165) is 74.6 Å².